The number of nitrogens with zero attached hydrogens (tertiary/aromatic N) is 2. The summed E-state index contributed by atoms with van der Waals surface area (Å²) < 4.78 is 78.9. The summed E-state index contributed by atoms with van der Waals surface area (Å²) in [6, 6.07) is 5.32. The number of hydrogen-bond donors (Lipinski definition) is 2. The fourth-order valence-corrected chi connectivity index (χ4v) is 7.56. The van der Waals surface area contributed by atoms with Crippen molar-refractivity contribution < 1.29 is 45.9 Å². The minimum absolute atomic E-state index is 0.00961. The smallest absolute Gasteiger partial charge is 0.416 e. The molecule has 10 nitrogen and oxygen atoms in total. The summed E-state index contributed by atoms with van der Waals surface area (Å²) in [4.78, 5) is 26.5. The summed E-state index contributed by atoms with van der Waals surface area (Å²) in [7, 11) is -4.01. The van der Waals surface area contributed by atoms with Gasteiger partial charge in [0.1, 0.15) is 6.10 Å². The fourth-order valence-electron chi connectivity index (χ4n) is 5.49. The molecule has 4 rings (SSSR count). The van der Waals surface area contributed by atoms with E-state index < -0.39 is 50.8 Å². The van der Waals surface area contributed by atoms with Crippen LogP contribution in [-0.4, -0.2) is 86.1 Å². The molecule has 1 aromatic carbocycles. The SMILES string of the molecule is O=C(O[C@H]1CCOC1)N1CCC(CS(=O)(=O)N2CCC(c3ccccc3C(F)(F)F)CC2)(C(=O)NO)CC1. The number of rotatable bonds is 6. The number of benzene rings is 1. The highest BCUT2D eigenvalue weighted by molar-refractivity contribution is 7.89. The van der Waals surface area contributed by atoms with Gasteiger partial charge in [0, 0.05) is 32.6 Å². The van der Waals surface area contributed by atoms with E-state index in [9.17, 15) is 36.4 Å². The van der Waals surface area contributed by atoms with Crippen LogP contribution < -0.4 is 5.48 Å². The number of hydrogen-bond acceptors (Lipinski definition) is 7. The van der Waals surface area contributed by atoms with E-state index in [4.69, 9.17) is 9.47 Å². The predicted octanol–water partition coefficient (Wildman–Crippen LogP) is 2.73. The number of nitrogens with one attached hydrogen (secondary N) is 1. The van der Waals surface area contributed by atoms with Crippen LogP contribution in [0.25, 0.3) is 0 Å². The van der Waals surface area contributed by atoms with E-state index in [1.807, 2.05) is 0 Å². The monoisotopic (exact) mass is 563 g/mol. The van der Waals surface area contributed by atoms with E-state index in [0.717, 1.165) is 6.07 Å². The second-order valence-electron chi connectivity index (χ2n) is 10.1. The average molecular weight is 564 g/mol. The minimum atomic E-state index is -4.50. The van der Waals surface area contributed by atoms with Crippen molar-refractivity contribution in [2.75, 3.05) is 45.1 Å². The van der Waals surface area contributed by atoms with E-state index >= 15 is 0 Å². The number of sulfonamides is 1. The average Bonchev–Trinajstić information content (AvgIpc) is 3.41. The number of carbonyl (C=O) groups is 2. The van der Waals surface area contributed by atoms with E-state index in [-0.39, 0.29) is 63.5 Å². The molecule has 0 aromatic heterocycles. The lowest BCUT2D eigenvalue weighted by Crippen LogP contribution is -2.55. The van der Waals surface area contributed by atoms with Crippen molar-refractivity contribution in [2.45, 2.75) is 50.3 Å². The molecule has 2 amide bonds. The van der Waals surface area contributed by atoms with Gasteiger partial charge < -0.3 is 14.4 Å². The van der Waals surface area contributed by atoms with Crippen LogP contribution in [0.2, 0.25) is 0 Å². The summed E-state index contributed by atoms with van der Waals surface area (Å²) in [6.07, 6.45) is -4.44. The van der Waals surface area contributed by atoms with Crippen LogP contribution in [0, 0.1) is 5.41 Å². The quantitative estimate of drug-likeness (QED) is 0.403. The summed E-state index contributed by atoms with van der Waals surface area (Å²) in [5.41, 5.74) is -0.466. The van der Waals surface area contributed by atoms with Crippen molar-refractivity contribution >= 4 is 22.0 Å². The first-order chi connectivity index (χ1) is 17.9. The highest BCUT2D eigenvalue weighted by Crippen LogP contribution is 2.40. The molecule has 212 valence electrons. The Kier molecular flexibility index (Phi) is 8.55. The lowest BCUT2D eigenvalue weighted by atomic mass is 9.79. The maximum Gasteiger partial charge on any atom is 0.416 e. The second kappa shape index (κ2) is 11.4. The summed E-state index contributed by atoms with van der Waals surface area (Å²) in [5.74, 6) is -1.89. The first-order valence-corrected chi connectivity index (χ1v) is 14.2. The Bertz CT molecular complexity index is 1110. The number of carbonyl (C=O) groups excluding carboxylic acids is 2. The first-order valence-electron chi connectivity index (χ1n) is 12.6. The summed E-state index contributed by atoms with van der Waals surface area (Å²) >= 11 is 0. The van der Waals surface area contributed by atoms with Gasteiger partial charge in [-0.2, -0.15) is 13.2 Å². The molecule has 1 aromatic rings. The standard InChI is InChI=1S/C24H32F3N3O7S/c25-24(26,27)20-4-2-1-3-19(20)17-5-10-30(11-6-17)38(34,35)16-23(21(31)28-33)8-12-29(13-9-23)22(32)37-18-7-14-36-15-18/h1-4,17-18,33H,5-16H2,(H,28,31)/t18-/m0/s1. The van der Waals surface area contributed by atoms with Crippen LogP contribution in [0.5, 0.6) is 0 Å². The van der Waals surface area contributed by atoms with Gasteiger partial charge in [0.05, 0.1) is 29.9 Å². The molecule has 0 spiro atoms. The number of hydroxylamine groups is 1. The van der Waals surface area contributed by atoms with Crippen molar-refractivity contribution in [1.82, 2.24) is 14.7 Å². The zero-order valence-corrected chi connectivity index (χ0v) is 21.6. The number of alkyl halides is 3. The molecule has 0 aliphatic carbocycles. The van der Waals surface area contributed by atoms with Crippen LogP contribution in [0.4, 0.5) is 18.0 Å². The van der Waals surface area contributed by atoms with Crippen LogP contribution >= 0.6 is 0 Å². The third-order valence-electron chi connectivity index (χ3n) is 7.73. The molecule has 3 aliphatic heterocycles. The van der Waals surface area contributed by atoms with Gasteiger partial charge in [0.2, 0.25) is 10.0 Å². The number of halogens is 3. The molecule has 38 heavy (non-hydrogen) atoms. The third-order valence-corrected chi connectivity index (χ3v) is 9.80. The molecule has 0 saturated carbocycles. The topological polar surface area (TPSA) is 125 Å². The van der Waals surface area contributed by atoms with Gasteiger partial charge in [0.25, 0.3) is 5.91 Å². The Morgan fingerprint density at radius 3 is 2.34 bits per heavy atom. The van der Waals surface area contributed by atoms with Gasteiger partial charge in [-0.15, -0.1) is 0 Å². The van der Waals surface area contributed by atoms with E-state index in [1.54, 1.807) is 5.48 Å². The molecule has 0 radical (unpaired) electrons. The molecule has 3 heterocycles. The maximum absolute atomic E-state index is 13.5. The first kappa shape index (κ1) is 28.6. The molecule has 3 aliphatic rings. The molecule has 0 bridgehead atoms. The molecule has 14 heteroatoms. The number of amides is 2. The third kappa shape index (κ3) is 6.24. The Hall–Kier alpha value is -2.42. The van der Waals surface area contributed by atoms with Gasteiger partial charge >= 0.3 is 12.3 Å². The van der Waals surface area contributed by atoms with Crippen molar-refractivity contribution in [1.29, 1.82) is 0 Å². The predicted molar refractivity (Wildman–Crippen MR) is 128 cm³/mol. The van der Waals surface area contributed by atoms with Gasteiger partial charge in [-0.25, -0.2) is 23.0 Å². The van der Waals surface area contributed by atoms with Crippen LogP contribution in [0.1, 0.15) is 49.1 Å². The lowest BCUT2D eigenvalue weighted by Gasteiger charge is -2.41. The van der Waals surface area contributed by atoms with Crippen LogP contribution in [0.3, 0.4) is 0 Å². The van der Waals surface area contributed by atoms with E-state index in [0.29, 0.717) is 19.6 Å². The molecule has 1 atom stereocenters. The molecule has 3 saturated heterocycles. The molecular formula is C24H32F3N3O7S. The Labute approximate surface area is 219 Å². The van der Waals surface area contributed by atoms with Gasteiger partial charge in [-0.05, 0) is 43.2 Å². The fraction of sp³-hybridized carbons (Fsp3) is 0.667. The zero-order valence-electron chi connectivity index (χ0n) is 20.8. The number of piperidine rings is 2. The normalized spacial score (nSPS) is 23.3. The van der Waals surface area contributed by atoms with Gasteiger partial charge in [-0.1, -0.05) is 18.2 Å². The second-order valence-corrected chi connectivity index (χ2v) is 12.1. The largest absolute Gasteiger partial charge is 0.444 e. The van der Waals surface area contributed by atoms with Crippen molar-refractivity contribution in [3.8, 4) is 0 Å². The van der Waals surface area contributed by atoms with E-state index in [1.165, 1.54) is 27.4 Å². The van der Waals surface area contributed by atoms with Crippen LogP contribution in [0.15, 0.2) is 24.3 Å². The van der Waals surface area contributed by atoms with Crippen molar-refractivity contribution in [2.24, 2.45) is 5.41 Å². The Morgan fingerprint density at radius 2 is 1.76 bits per heavy atom. The van der Waals surface area contributed by atoms with Crippen molar-refractivity contribution in [3.63, 3.8) is 0 Å². The highest BCUT2D eigenvalue weighted by Gasteiger charge is 2.48. The maximum atomic E-state index is 13.5. The highest BCUT2D eigenvalue weighted by atomic mass is 32.2. The Balaban J connectivity index is 1.40. The number of ether oxygens (including phenoxy) is 2. The lowest BCUT2D eigenvalue weighted by molar-refractivity contribution is -0.141. The summed E-state index contributed by atoms with van der Waals surface area (Å²) in [5, 5.41) is 9.36. The molecular weight excluding hydrogens is 531 g/mol. The Morgan fingerprint density at radius 1 is 1.11 bits per heavy atom. The minimum Gasteiger partial charge on any atom is -0.444 e. The molecule has 3 fully saturated rings. The van der Waals surface area contributed by atoms with Gasteiger partial charge in [-0.3, -0.25) is 10.0 Å². The van der Waals surface area contributed by atoms with E-state index in [2.05, 4.69) is 0 Å². The van der Waals surface area contributed by atoms with Crippen molar-refractivity contribution in [3.05, 3.63) is 35.4 Å². The molecule has 2 N–H and O–H groups in total. The van der Waals surface area contributed by atoms with Gasteiger partial charge in [0.15, 0.2) is 0 Å². The molecule has 0 unspecified atom stereocenters. The zero-order chi connectivity index (χ0) is 27.6. The summed E-state index contributed by atoms with van der Waals surface area (Å²) in [6.45, 7) is 0.960. The van der Waals surface area contributed by atoms with Crippen LogP contribution in [-0.2, 0) is 30.5 Å². The number of likely N-dealkylation sites (tertiary alicyclic amines) is 1.